The molecular formula is C14H22N4O2S2. The van der Waals surface area contributed by atoms with Crippen LogP contribution in [0.3, 0.4) is 0 Å². The van der Waals surface area contributed by atoms with E-state index in [-0.39, 0.29) is 17.4 Å². The molecule has 3 rings (SSSR count). The Morgan fingerprint density at radius 1 is 1.14 bits per heavy atom. The number of aromatic nitrogens is 2. The van der Waals surface area contributed by atoms with Crippen LogP contribution in [0.15, 0.2) is 12.4 Å². The molecule has 1 atom stereocenters. The molecule has 0 aliphatic carbocycles. The minimum Gasteiger partial charge on any atom is -0.355 e. The molecule has 6 nitrogen and oxygen atoms in total. The molecule has 1 unspecified atom stereocenters. The van der Waals surface area contributed by atoms with Gasteiger partial charge < -0.3 is 9.80 Å². The highest BCUT2D eigenvalue weighted by molar-refractivity contribution is 7.99. The smallest absolute Gasteiger partial charge is 0.152 e. The number of hydrogen-bond donors (Lipinski definition) is 0. The van der Waals surface area contributed by atoms with E-state index < -0.39 is 9.84 Å². The van der Waals surface area contributed by atoms with Crippen molar-refractivity contribution in [2.24, 2.45) is 5.92 Å². The highest BCUT2D eigenvalue weighted by atomic mass is 32.2. The Bertz CT molecular complexity index is 617. The average Bonchev–Trinajstić information content (AvgIpc) is 2.65. The van der Waals surface area contributed by atoms with Crippen molar-refractivity contribution >= 4 is 33.2 Å². The van der Waals surface area contributed by atoms with Gasteiger partial charge in [0.1, 0.15) is 18.0 Å². The normalized spacial score (nSPS) is 25.8. The molecule has 2 saturated heterocycles. The molecule has 0 N–H and O–H groups in total. The summed E-state index contributed by atoms with van der Waals surface area (Å²) in [6, 6.07) is 2.00. The molecule has 2 fully saturated rings. The fourth-order valence-corrected chi connectivity index (χ4v) is 5.51. The molecule has 3 heterocycles. The number of sulfone groups is 1. The molecular weight excluding hydrogens is 320 g/mol. The third-order valence-corrected chi connectivity index (χ3v) is 6.86. The number of hydrogen-bond acceptors (Lipinski definition) is 7. The van der Waals surface area contributed by atoms with Gasteiger partial charge in [-0.25, -0.2) is 18.4 Å². The van der Waals surface area contributed by atoms with E-state index in [9.17, 15) is 8.42 Å². The van der Waals surface area contributed by atoms with E-state index >= 15 is 0 Å². The molecule has 0 spiro atoms. The lowest BCUT2D eigenvalue weighted by Gasteiger charge is -2.29. The van der Waals surface area contributed by atoms with Crippen molar-refractivity contribution in [1.29, 1.82) is 0 Å². The van der Waals surface area contributed by atoms with Crippen LogP contribution in [0.5, 0.6) is 0 Å². The standard InChI is InChI=1S/C14H22N4O2S2/c1-12-9-18(4-7-22(19,20)10-12)14-8-13(15-11-16-14)17-2-5-21-6-3-17/h8,11-12H,2-7,9-10H2,1H3. The van der Waals surface area contributed by atoms with Crippen molar-refractivity contribution in [2.75, 3.05) is 59.0 Å². The van der Waals surface area contributed by atoms with Crippen molar-refractivity contribution in [2.45, 2.75) is 6.92 Å². The zero-order valence-corrected chi connectivity index (χ0v) is 14.4. The quantitative estimate of drug-likeness (QED) is 0.791. The zero-order valence-electron chi connectivity index (χ0n) is 12.8. The van der Waals surface area contributed by atoms with Crippen LogP contribution in [0.1, 0.15) is 6.92 Å². The maximum atomic E-state index is 11.9. The molecule has 2 aliphatic rings. The van der Waals surface area contributed by atoms with Gasteiger partial charge in [0.2, 0.25) is 0 Å². The summed E-state index contributed by atoms with van der Waals surface area (Å²) in [5, 5.41) is 0. The number of thioether (sulfide) groups is 1. The lowest BCUT2D eigenvalue weighted by molar-refractivity contribution is 0.581. The van der Waals surface area contributed by atoms with Crippen molar-refractivity contribution in [3.8, 4) is 0 Å². The van der Waals surface area contributed by atoms with E-state index in [1.807, 2.05) is 24.8 Å². The first-order valence-corrected chi connectivity index (χ1v) is 10.6. The summed E-state index contributed by atoms with van der Waals surface area (Å²) in [5.41, 5.74) is 0. The van der Waals surface area contributed by atoms with E-state index in [1.54, 1.807) is 6.33 Å². The third-order valence-electron chi connectivity index (χ3n) is 4.04. The molecule has 8 heteroatoms. The van der Waals surface area contributed by atoms with Gasteiger partial charge in [-0.1, -0.05) is 6.92 Å². The second kappa shape index (κ2) is 6.62. The van der Waals surface area contributed by atoms with E-state index in [4.69, 9.17) is 0 Å². The van der Waals surface area contributed by atoms with Gasteiger partial charge in [0.25, 0.3) is 0 Å². The van der Waals surface area contributed by atoms with Crippen LogP contribution in [0, 0.1) is 5.92 Å². The van der Waals surface area contributed by atoms with Crippen molar-refractivity contribution in [3.05, 3.63) is 12.4 Å². The molecule has 0 bridgehead atoms. The molecule has 0 saturated carbocycles. The number of nitrogens with zero attached hydrogens (tertiary/aromatic N) is 4. The van der Waals surface area contributed by atoms with Gasteiger partial charge in [0.15, 0.2) is 9.84 Å². The summed E-state index contributed by atoms with van der Waals surface area (Å²) in [5.74, 6) is 4.63. The first-order valence-electron chi connectivity index (χ1n) is 7.63. The van der Waals surface area contributed by atoms with Gasteiger partial charge in [-0.05, 0) is 5.92 Å². The van der Waals surface area contributed by atoms with Gasteiger partial charge in [-0.2, -0.15) is 11.8 Å². The van der Waals surface area contributed by atoms with Crippen LogP contribution in [-0.2, 0) is 9.84 Å². The summed E-state index contributed by atoms with van der Waals surface area (Å²) in [6.45, 7) is 5.24. The Balaban J connectivity index is 1.79. The van der Waals surface area contributed by atoms with Gasteiger partial charge >= 0.3 is 0 Å². The fraction of sp³-hybridized carbons (Fsp3) is 0.714. The first kappa shape index (κ1) is 15.9. The van der Waals surface area contributed by atoms with Gasteiger partial charge in [0.05, 0.1) is 11.5 Å². The van der Waals surface area contributed by atoms with Crippen LogP contribution >= 0.6 is 11.8 Å². The number of anilines is 2. The predicted octanol–water partition coefficient (Wildman–Crippen LogP) is 0.901. The van der Waals surface area contributed by atoms with E-state index in [2.05, 4.69) is 19.8 Å². The summed E-state index contributed by atoms with van der Waals surface area (Å²) in [4.78, 5) is 13.1. The highest BCUT2D eigenvalue weighted by Crippen LogP contribution is 2.23. The second-order valence-electron chi connectivity index (χ2n) is 6.00. The lowest BCUT2D eigenvalue weighted by Crippen LogP contribution is -2.34. The summed E-state index contributed by atoms with van der Waals surface area (Å²) in [6.07, 6.45) is 1.59. The molecule has 0 amide bonds. The topological polar surface area (TPSA) is 66.4 Å². The van der Waals surface area contributed by atoms with E-state index in [0.29, 0.717) is 6.54 Å². The second-order valence-corrected chi connectivity index (χ2v) is 9.45. The van der Waals surface area contributed by atoms with Crippen molar-refractivity contribution < 1.29 is 8.42 Å². The zero-order chi connectivity index (χ0) is 15.6. The SMILES string of the molecule is CC1CN(c2cc(N3CCSCC3)ncn2)CCS(=O)(=O)C1. The minimum atomic E-state index is -2.94. The average molecular weight is 342 g/mol. The maximum Gasteiger partial charge on any atom is 0.152 e. The summed E-state index contributed by atoms with van der Waals surface area (Å²) < 4.78 is 23.8. The molecule has 22 heavy (non-hydrogen) atoms. The van der Waals surface area contributed by atoms with Crippen molar-refractivity contribution in [1.82, 2.24) is 9.97 Å². The molecule has 2 aliphatic heterocycles. The Hall–Kier alpha value is -1.02. The number of rotatable bonds is 2. The van der Waals surface area contributed by atoms with E-state index in [0.717, 1.165) is 42.8 Å². The largest absolute Gasteiger partial charge is 0.355 e. The predicted molar refractivity (Wildman–Crippen MR) is 91.6 cm³/mol. The molecule has 122 valence electrons. The van der Waals surface area contributed by atoms with Gasteiger partial charge in [-0.3, -0.25) is 0 Å². The molecule has 0 radical (unpaired) electrons. The van der Waals surface area contributed by atoms with Crippen LogP contribution in [-0.4, -0.2) is 67.6 Å². The summed E-state index contributed by atoms with van der Waals surface area (Å²) >= 11 is 1.97. The first-order chi connectivity index (χ1) is 10.5. The maximum absolute atomic E-state index is 11.9. The van der Waals surface area contributed by atoms with Crippen LogP contribution < -0.4 is 9.80 Å². The third kappa shape index (κ3) is 3.84. The monoisotopic (exact) mass is 342 g/mol. The Labute approximate surface area is 136 Å². The van der Waals surface area contributed by atoms with Crippen molar-refractivity contribution in [3.63, 3.8) is 0 Å². The fourth-order valence-electron chi connectivity index (χ4n) is 2.97. The van der Waals surface area contributed by atoms with Gasteiger partial charge in [-0.15, -0.1) is 0 Å². The Morgan fingerprint density at radius 2 is 1.82 bits per heavy atom. The van der Waals surface area contributed by atoms with Crippen LogP contribution in [0.2, 0.25) is 0 Å². The Morgan fingerprint density at radius 3 is 2.55 bits per heavy atom. The van der Waals surface area contributed by atoms with Gasteiger partial charge in [0, 0.05) is 43.8 Å². The molecule has 1 aromatic rings. The summed E-state index contributed by atoms with van der Waals surface area (Å²) in [7, 11) is -2.94. The molecule has 0 aromatic carbocycles. The Kier molecular flexibility index (Phi) is 4.77. The molecule has 1 aromatic heterocycles. The minimum absolute atomic E-state index is 0.123. The lowest BCUT2D eigenvalue weighted by atomic mass is 10.2. The van der Waals surface area contributed by atoms with Crippen LogP contribution in [0.25, 0.3) is 0 Å². The van der Waals surface area contributed by atoms with Crippen LogP contribution in [0.4, 0.5) is 11.6 Å². The van der Waals surface area contributed by atoms with E-state index in [1.165, 1.54) is 0 Å². The highest BCUT2D eigenvalue weighted by Gasteiger charge is 2.25.